The van der Waals surface area contributed by atoms with Crippen LogP contribution in [0.25, 0.3) is 0 Å². The molecule has 137 valence electrons. The minimum Gasteiger partial charge on any atom is -0.382 e. The maximum Gasteiger partial charge on any atom is 0.333 e. The number of amides is 4. The van der Waals surface area contributed by atoms with Crippen molar-refractivity contribution >= 4 is 23.6 Å². The summed E-state index contributed by atoms with van der Waals surface area (Å²) in [5.74, 6) is -1.77. The minimum atomic E-state index is -1.37. The molecule has 2 heterocycles. The van der Waals surface area contributed by atoms with Gasteiger partial charge in [-0.3, -0.25) is 24.2 Å². The van der Waals surface area contributed by atoms with Crippen LogP contribution >= 0.6 is 0 Å². The van der Waals surface area contributed by atoms with Gasteiger partial charge in [-0.2, -0.15) is 0 Å². The van der Waals surface area contributed by atoms with Gasteiger partial charge in [0.05, 0.1) is 13.1 Å². The summed E-state index contributed by atoms with van der Waals surface area (Å²) in [6.45, 7) is 2.70. The number of carbonyl (C=O) groups is 4. The number of hydrogen-bond donors (Lipinski definition) is 1. The van der Waals surface area contributed by atoms with Crippen LogP contribution in [0.1, 0.15) is 26.2 Å². The van der Waals surface area contributed by atoms with E-state index in [2.05, 4.69) is 5.32 Å². The Bertz CT molecular complexity index is 752. The van der Waals surface area contributed by atoms with Gasteiger partial charge in [0.15, 0.2) is 5.78 Å². The van der Waals surface area contributed by atoms with E-state index in [0.29, 0.717) is 12.0 Å². The Balaban J connectivity index is 1.89. The molecule has 2 aliphatic heterocycles. The first-order valence-corrected chi connectivity index (χ1v) is 8.67. The third kappa shape index (κ3) is 2.87. The number of barbiturate groups is 1. The number of nitrogens with zero attached hydrogens (tertiary/aromatic N) is 2. The molecule has 0 bridgehead atoms. The fraction of sp³-hybridized carbons (Fsp3) is 0.421. The predicted molar refractivity (Wildman–Crippen MR) is 94.1 cm³/mol. The largest absolute Gasteiger partial charge is 0.382 e. The van der Waals surface area contributed by atoms with E-state index in [0.717, 1.165) is 22.6 Å². The zero-order valence-electron chi connectivity index (χ0n) is 14.9. The number of dihydropyridines is 1. The molecule has 4 amide bonds. The van der Waals surface area contributed by atoms with Crippen LogP contribution < -0.4 is 5.32 Å². The van der Waals surface area contributed by atoms with Crippen molar-refractivity contribution < 1.29 is 19.2 Å². The molecular weight excluding hydrogens is 334 g/mol. The number of ketones is 1. The van der Waals surface area contributed by atoms with E-state index in [1.165, 1.54) is 13.6 Å². The van der Waals surface area contributed by atoms with Crippen molar-refractivity contribution in [1.82, 2.24) is 15.1 Å². The van der Waals surface area contributed by atoms with Crippen molar-refractivity contribution in [3.63, 3.8) is 0 Å². The fourth-order valence-corrected chi connectivity index (χ4v) is 3.63. The first-order chi connectivity index (χ1) is 12.4. The van der Waals surface area contributed by atoms with Crippen LogP contribution in [-0.4, -0.2) is 47.0 Å². The van der Waals surface area contributed by atoms with Crippen molar-refractivity contribution in [2.45, 2.75) is 26.2 Å². The molecule has 26 heavy (non-hydrogen) atoms. The van der Waals surface area contributed by atoms with E-state index in [1.54, 1.807) is 25.3 Å². The number of rotatable bonds is 4. The predicted octanol–water partition coefficient (Wildman–Crippen LogP) is 1.54. The summed E-state index contributed by atoms with van der Waals surface area (Å²) in [6, 6.07) is -0.759. The second kappa shape index (κ2) is 6.90. The zero-order valence-corrected chi connectivity index (χ0v) is 14.9. The molecule has 1 N–H and O–H groups in total. The van der Waals surface area contributed by atoms with Crippen LogP contribution in [0.3, 0.4) is 0 Å². The van der Waals surface area contributed by atoms with Gasteiger partial charge in [-0.25, -0.2) is 4.79 Å². The van der Waals surface area contributed by atoms with Crippen molar-refractivity contribution in [1.29, 1.82) is 0 Å². The maximum absolute atomic E-state index is 13.1. The van der Waals surface area contributed by atoms with Crippen LogP contribution in [0.4, 0.5) is 4.79 Å². The van der Waals surface area contributed by atoms with Crippen LogP contribution in [0.15, 0.2) is 36.1 Å². The van der Waals surface area contributed by atoms with E-state index in [-0.39, 0.29) is 18.2 Å². The van der Waals surface area contributed by atoms with Crippen LogP contribution in [0.2, 0.25) is 0 Å². The average Bonchev–Trinajstić information content (AvgIpc) is 2.69. The highest BCUT2D eigenvalue weighted by Gasteiger charge is 2.56. The van der Waals surface area contributed by atoms with Gasteiger partial charge in [0.1, 0.15) is 5.41 Å². The third-order valence-electron chi connectivity index (χ3n) is 5.28. The van der Waals surface area contributed by atoms with Crippen molar-refractivity contribution in [2.24, 2.45) is 11.3 Å². The van der Waals surface area contributed by atoms with E-state index in [9.17, 15) is 19.2 Å². The molecule has 0 aromatic heterocycles. The fourth-order valence-electron chi connectivity index (χ4n) is 3.63. The van der Waals surface area contributed by atoms with Gasteiger partial charge in [0, 0.05) is 12.6 Å². The van der Waals surface area contributed by atoms with Crippen LogP contribution in [0.5, 0.6) is 0 Å². The van der Waals surface area contributed by atoms with Gasteiger partial charge in [-0.05, 0) is 44.4 Å². The highest BCUT2D eigenvalue weighted by Crippen LogP contribution is 2.41. The SMILES string of the molecule is CN1C(=O)N(CC(=O)C2=CC=CN[CH]2)C(=O)C(C)(C2C=CCCC2)C1=O. The van der Waals surface area contributed by atoms with E-state index >= 15 is 0 Å². The van der Waals surface area contributed by atoms with Gasteiger partial charge in [-0.1, -0.05) is 18.2 Å². The average molecular weight is 356 g/mol. The molecule has 0 aromatic rings. The number of carbonyl (C=O) groups excluding carboxylic acids is 4. The van der Waals surface area contributed by atoms with E-state index in [4.69, 9.17) is 0 Å². The van der Waals surface area contributed by atoms with Crippen molar-refractivity contribution in [3.8, 4) is 0 Å². The van der Waals surface area contributed by atoms with Crippen LogP contribution in [0, 0.1) is 17.9 Å². The Morgan fingerprint density at radius 2 is 2.08 bits per heavy atom. The quantitative estimate of drug-likeness (QED) is 0.610. The summed E-state index contributed by atoms with van der Waals surface area (Å²) in [5.41, 5.74) is -1.00. The number of urea groups is 1. The lowest BCUT2D eigenvalue weighted by molar-refractivity contribution is -0.160. The summed E-state index contributed by atoms with van der Waals surface area (Å²) in [5, 5.41) is 2.80. The van der Waals surface area contributed by atoms with Crippen LogP contribution in [-0.2, 0) is 14.4 Å². The van der Waals surface area contributed by atoms with Crippen molar-refractivity contribution in [3.05, 3.63) is 42.6 Å². The molecule has 1 aliphatic carbocycles. The summed E-state index contributed by atoms with van der Waals surface area (Å²) >= 11 is 0. The first-order valence-electron chi connectivity index (χ1n) is 8.67. The minimum absolute atomic E-state index is 0.283. The van der Waals surface area contributed by atoms with E-state index in [1.807, 2.05) is 12.2 Å². The lowest BCUT2D eigenvalue weighted by atomic mass is 9.70. The number of allylic oxidation sites excluding steroid dienone is 4. The molecule has 1 radical (unpaired) electrons. The molecule has 2 atom stereocenters. The Labute approximate surface area is 152 Å². The molecule has 7 nitrogen and oxygen atoms in total. The molecule has 0 spiro atoms. The second-order valence-corrected chi connectivity index (χ2v) is 6.92. The van der Waals surface area contributed by atoms with Gasteiger partial charge in [-0.15, -0.1) is 0 Å². The molecule has 0 aromatic carbocycles. The molecular formula is C19H22N3O4. The molecule has 0 saturated carbocycles. The lowest BCUT2D eigenvalue weighted by Crippen LogP contribution is -2.66. The second-order valence-electron chi connectivity index (χ2n) is 6.92. The molecule has 3 rings (SSSR count). The zero-order chi connectivity index (χ0) is 18.9. The number of imide groups is 2. The van der Waals surface area contributed by atoms with Gasteiger partial charge in [0.2, 0.25) is 11.8 Å². The number of hydrogen-bond acceptors (Lipinski definition) is 5. The standard InChI is InChI=1S/C19H22N3O4/c1-19(14-8-4-3-5-9-14)16(24)21(2)18(26)22(17(19)25)12-15(23)13-7-6-10-20-11-13/h4,6-8,10-11,14,20H,3,5,9,12H2,1-2H3. The Morgan fingerprint density at radius 3 is 2.69 bits per heavy atom. The Kier molecular flexibility index (Phi) is 4.80. The summed E-state index contributed by atoms with van der Waals surface area (Å²) < 4.78 is 0. The Hall–Kier alpha value is -2.70. The summed E-state index contributed by atoms with van der Waals surface area (Å²) in [7, 11) is 1.36. The third-order valence-corrected chi connectivity index (χ3v) is 5.28. The topological polar surface area (TPSA) is 86.8 Å². The van der Waals surface area contributed by atoms with Gasteiger partial charge in [0.25, 0.3) is 0 Å². The number of Topliss-reactive ketones (excluding diaryl/α,β-unsaturated/α-hetero) is 1. The van der Waals surface area contributed by atoms with Crippen molar-refractivity contribution in [2.75, 3.05) is 13.6 Å². The first kappa shape index (κ1) is 18.1. The normalized spacial score (nSPS) is 28.9. The highest BCUT2D eigenvalue weighted by atomic mass is 16.2. The van der Waals surface area contributed by atoms with E-state index < -0.39 is 23.3 Å². The molecule has 1 fully saturated rings. The summed E-state index contributed by atoms with van der Waals surface area (Å²) in [6.07, 6.45) is 11.3. The summed E-state index contributed by atoms with van der Waals surface area (Å²) in [4.78, 5) is 52.8. The number of nitrogens with one attached hydrogen (secondary N) is 1. The smallest absolute Gasteiger partial charge is 0.333 e. The molecule has 7 heteroatoms. The van der Waals surface area contributed by atoms with Gasteiger partial charge < -0.3 is 5.32 Å². The molecule has 1 saturated heterocycles. The highest BCUT2D eigenvalue weighted by molar-refractivity contribution is 6.20. The monoisotopic (exact) mass is 356 g/mol. The maximum atomic E-state index is 13.1. The molecule has 3 aliphatic rings. The Morgan fingerprint density at radius 1 is 1.31 bits per heavy atom. The van der Waals surface area contributed by atoms with Gasteiger partial charge >= 0.3 is 6.03 Å². The lowest BCUT2D eigenvalue weighted by Gasteiger charge is -2.44. The molecule has 2 unspecified atom stereocenters.